The van der Waals surface area contributed by atoms with E-state index < -0.39 is 52.0 Å². The molecule has 3 aliphatic rings. The Hall–Kier alpha value is -3.91. The number of rotatable bonds is 2. The molecule has 3 atom stereocenters. The Morgan fingerprint density at radius 3 is 2.36 bits per heavy atom. The maximum absolute atomic E-state index is 13.5. The van der Waals surface area contributed by atoms with Crippen LogP contribution in [0.15, 0.2) is 65.1 Å². The molecule has 0 aromatic heterocycles. The monoisotopic (exact) mass is 447 g/mol. The Bertz CT molecular complexity index is 1310. The summed E-state index contributed by atoms with van der Waals surface area (Å²) in [6.45, 7) is 0. The molecule has 5 rings (SSSR count). The zero-order chi connectivity index (χ0) is 23.7. The number of fused-ring (bicyclic) bond motifs is 3. The van der Waals surface area contributed by atoms with E-state index in [9.17, 15) is 34.8 Å². The third-order valence-electron chi connectivity index (χ3n) is 7.03. The van der Waals surface area contributed by atoms with Crippen molar-refractivity contribution in [3.05, 3.63) is 76.3 Å². The summed E-state index contributed by atoms with van der Waals surface area (Å²) in [5, 5.41) is 43.0. The van der Waals surface area contributed by atoms with E-state index in [2.05, 4.69) is 0 Å². The zero-order valence-electron chi connectivity index (χ0n) is 17.4. The minimum Gasteiger partial charge on any atom is -0.511 e. The predicted molar refractivity (Wildman–Crippen MR) is 116 cm³/mol. The van der Waals surface area contributed by atoms with Gasteiger partial charge in [0.05, 0.1) is 5.56 Å². The molecule has 3 aliphatic carbocycles. The number of phenols is 1. The molecule has 0 radical (unpaired) electrons. The lowest BCUT2D eigenvalue weighted by Gasteiger charge is -2.45. The number of carbonyl (C=O) groups excluding carboxylic acids is 3. The Kier molecular flexibility index (Phi) is 4.48. The van der Waals surface area contributed by atoms with Crippen LogP contribution in [0.25, 0.3) is 11.1 Å². The Morgan fingerprint density at radius 2 is 1.70 bits per heavy atom. The van der Waals surface area contributed by atoms with Crippen LogP contribution in [0, 0.1) is 11.8 Å². The number of aliphatic hydroxyl groups excluding tert-OH is 2. The van der Waals surface area contributed by atoms with Gasteiger partial charge in [0, 0.05) is 17.9 Å². The first-order chi connectivity index (χ1) is 15.7. The fraction of sp³-hybridized carbons (Fsp3) is 0.240. The average molecular weight is 447 g/mol. The van der Waals surface area contributed by atoms with Crippen molar-refractivity contribution in [1.29, 1.82) is 0 Å². The number of allylic oxidation sites excluding steroid dienone is 2. The van der Waals surface area contributed by atoms with Crippen LogP contribution in [0.3, 0.4) is 0 Å². The summed E-state index contributed by atoms with van der Waals surface area (Å²) in [6.07, 6.45) is 0.126. The molecule has 0 heterocycles. The summed E-state index contributed by atoms with van der Waals surface area (Å²) in [5.41, 5.74) is 3.93. The Labute approximate surface area is 188 Å². The molecule has 168 valence electrons. The van der Waals surface area contributed by atoms with Crippen molar-refractivity contribution in [3.8, 4) is 16.9 Å². The number of nitrogens with two attached hydrogens (primary N) is 1. The van der Waals surface area contributed by atoms with Crippen LogP contribution >= 0.6 is 0 Å². The van der Waals surface area contributed by atoms with Gasteiger partial charge < -0.3 is 26.2 Å². The number of ketones is 2. The molecule has 8 nitrogen and oxygen atoms in total. The lowest BCUT2D eigenvalue weighted by molar-refractivity contribution is -0.144. The molecule has 0 saturated carbocycles. The van der Waals surface area contributed by atoms with Gasteiger partial charge in [0.1, 0.15) is 22.8 Å². The molecule has 1 amide bonds. The number of carbonyl (C=O) groups is 3. The van der Waals surface area contributed by atoms with E-state index in [1.54, 1.807) is 6.07 Å². The maximum Gasteiger partial charge on any atom is 0.255 e. The Morgan fingerprint density at radius 1 is 1.00 bits per heavy atom. The molecule has 33 heavy (non-hydrogen) atoms. The first kappa shape index (κ1) is 21.0. The van der Waals surface area contributed by atoms with Gasteiger partial charge >= 0.3 is 0 Å². The summed E-state index contributed by atoms with van der Waals surface area (Å²) < 4.78 is 0. The summed E-state index contributed by atoms with van der Waals surface area (Å²) in [7, 11) is 0. The first-order valence-corrected chi connectivity index (χ1v) is 10.5. The second-order valence-corrected chi connectivity index (χ2v) is 8.76. The third-order valence-corrected chi connectivity index (χ3v) is 7.03. The second kappa shape index (κ2) is 7.05. The van der Waals surface area contributed by atoms with Crippen LogP contribution in [-0.2, 0) is 16.0 Å². The van der Waals surface area contributed by atoms with Crippen LogP contribution in [-0.4, -0.2) is 43.5 Å². The quantitative estimate of drug-likeness (QED) is 0.442. The molecule has 0 spiro atoms. The van der Waals surface area contributed by atoms with Gasteiger partial charge in [-0.05, 0) is 41.5 Å². The van der Waals surface area contributed by atoms with Gasteiger partial charge in [-0.25, -0.2) is 0 Å². The smallest absolute Gasteiger partial charge is 0.255 e. The molecule has 0 aliphatic heterocycles. The molecule has 2 aromatic rings. The number of hydrogen-bond donors (Lipinski definition) is 5. The van der Waals surface area contributed by atoms with E-state index in [1.807, 2.05) is 30.3 Å². The van der Waals surface area contributed by atoms with E-state index in [0.717, 1.165) is 11.1 Å². The number of phenolic OH excluding ortho intramolecular Hbond substituents is 1. The van der Waals surface area contributed by atoms with Gasteiger partial charge in [0.2, 0.25) is 5.78 Å². The van der Waals surface area contributed by atoms with Gasteiger partial charge in [-0.3, -0.25) is 14.4 Å². The lowest BCUT2D eigenvalue weighted by Crippen LogP contribution is -2.57. The third kappa shape index (κ3) is 2.77. The van der Waals surface area contributed by atoms with Crippen LogP contribution < -0.4 is 5.73 Å². The number of aromatic hydroxyl groups is 1. The first-order valence-electron chi connectivity index (χ1n) is 10.5. The molecule has 2 unspecified atom stereocenters. The highest BCUT2D eigenvalue weighted by molar-refractivity contribution is 6.24. The fourth-order valence-electron chi connectivity index (χ4n) is 5.51. The minimum atomic E-state index is -2.55. The highest BCUT2D eigenvalue weighted by atomic mass is 16.3. The van der Waals surface area contributed by atoms with E-state index in [-0.39, 0.29) is 36.1 Å². The summed E-state index contributed by atoms with van der Waals surface area (Å²) >= 11 is 0. The fourth-order valence-corrected chi connectivity index (χ4v) is 5.51. The lowest BCUT2D eigenvalue weighted by atomic mass is 9.60. The van der Waals surface area contributed by atoms with Gasteiger partial charge in [0.25, 0.3) is 5.91 Å². The average Bonchev–Trinajstić information content (AvgIpc) is 2.76. The number of aliphatic hydroxyl groups is 3. The molecule has 8 heteroatoms. The number of Topliss-reactive ketones (excluding diaryl/α,β-unsaturated/α-hetero) is 2. The van der Waals surface area contributed by atoms with Crippen molar-refractivity contribution in [1.82, 2.24) is 0 Å². The van der Waals surface area contributed by atoms with E-state index in [1.165, 1.54) is 6.07 Å². The van der Waals surface area contributed by atoms with E-state index in [0.29, 0.717) is 5.56 Å². The molecule has 0 saturated heterocycles. The highest BCUT2D eigenvalue weighted by Gasteiger charge is 2.59. The van der Waals surface area contributed by atoms with Gasteiger partial charge in [-0.15, -0.1) is 0 Å². The number of amides is 1. The largest absolute Gasteiger partial charge is 0.511 e. The van der Waals surface area contributed by atoms with E-state index in [4.69, 9.17) is 5.73 Å². The standard InChI is InChI=1S/C25H21NO7/c26-24(32)20-17(28)10-13-8-12-9-15-14(11-4-2-1-3-5-11)6-7-16(27)19(15)21(29)18(12)22(30)25(13,33)23(20)31/h1-7,12-13,27-28,30,33H,8-10H2,(H2,26,32)/t12?,13?,25-/m0/s1. The van der Waals surface area contributed by atoms with Crippen molar-refractivity contribution in [2.75, 3.05) is 0 Å². The normalized spacial score (nSPS) is 26.6. The topological polar surface area (TPSA) is 158 Å². The zero-order valence-corrected chi connectivity index (χ0v) is 17.4. The van der Waals surface area contributed by atoms with Crippen LogP contribution in [0.1, 0.15) is 28.8 Å². The van der Waals surface area contributed by atoms with Crippen molar-refractivity contribution < 1.29 is 34.8 Å². The van der Waals surface area contributed by atoms with Crippen molar-refractivity contribution >= 4 is 17.5 Å². The molecule has 0 fully saturated rings. The number of primary amides is 1. The summed E-state index contributed by atoms with van der Waals surface area (Å²) in [6, 6.07) is 12.5. The van der Waals surface area contributed by atoms with Crippen molar-refractivity contribution in [2.45, 2.75) is 24.9 Å². The summed E-state index contributed by atoms with van der Waals surface area (Å²) in [4.78, 5) is 38.2. The summed E-state index contributed by atoms with van der Waals surface area (Å²) in [5.74, 6) is -6.31. The highest BCUT2D eigenvalue weighted by Crippen LogP contribution is 2.52. The minimum absolute atomic E-state index is 0.00738. The van der Waals surface area contributed by atoms with E-state index >= 15 is 0 Å². The molecule has 6 N–H and O–H groups in total. The molecule has 2 aromatic carbocycles. The molecule has 0 bridgehead atoms. The van der Waals surface area contributed by atoms with Crippen LogP contribution in [0.2, 0.25) is 0 Å². The number of benzene rings is 2. The van der Waals surface area contributed by atoms with Crippen molar-refractivity contribution in [3.63, 3.8) is 0 Å². The SMILES string of the molecule is NC(=O)C1=C(O)CC2CC3Cc4c(-c5ccccc5)ccc(O)c4C(=O)C3=C(O)[C@]2(O)C1=O. The second-order valence-electron chi connectivity index (χ2n) is 8.76. The van der Waals surface area contributed by atoms with Crippen LogP contribution in [0.4, 0.5) is 0 Å². The number of hydrogen-bond acceptors (Lipinski definition) is 7. The maximum atomic E-state index is 13.5. The molecular formula is C25H21NO7. The predicted octanol–water partition coefficient (Wildman–Crippen LogP) is 2.25. The van der Waals surface area contributed by atoms with Gasteiger partial charge in [-0.2, -0.15) is 0 Å². The van der Waals surface area contributed by atoms with Gasteiger partial charge in [-0.1, -0.05) is 36.4 Å². The molecular weight excluding hydrogens is 426 g/mol. The van der Waals surface area contributed by atoms with Crippen LogP contribution in [0.5, 0.6) is 5.75 Å². The van der Waals surface area contributed by atoms with Gasteiger partial charge in [0.15, 0.2) is 11.4 Å². The Balaban J connectivity index is 1.69. The van der Waals surface area contributed by atoms with Crippen molar-refractivity contribution in [2.24, 2.45) is 17.6 Å².